The zero-order valence-corrected chi connectivity index (χ0v) is 7.68. The summed E-state index contributed by atoms with van der Waals surface area (Å²) >= 11 is 0. The van der Waals surface area contributed by atoms with Gasteiger partial charge in [-0.25, -0.2) is 0 Å². The summed E-state index contributed by atoms with van der Waals surface area (Å²) in [6, 6.07) is 7.80. The normalized spacial score (nSPS) is 11.2. The first-order valence-electron chi connectivity index (χ1n) is 3.36. The van der Waals surface area contributed by atoms with E-state index in [2.05, 4.69) is 10.2 Å². The summed E-state index contributed by atoms with van der Waals surface area (Å²) in [4.78, 5) is 0. The zero-order chi connectivity index (χ0) is 9.19. The Hall–Kier alpha value is -1.03. The van der Waals surface area contributed by atoms with Gasteiger partial charge in [-0.05, 0) is 19.1 Å². The van der Waals surface area contributed by atoms with Gasteiger partial charge in [0.1, 0.15) is 5.75 Å². The largest absolute Gasteiger partial charge is 0.382 e. The third-order valence-corrected chi connectivity index (χ3v) is 1.74. The van der Waals surface area contributed by atoms with Gasteiger partial charge in [-0.3, -0.25) is 0 Å². The predicted molar refractivity (Wildman–Crippen MR) is 45.5 cm³/mol. The molecule has 1 rings (SSSR count). The van der Waals surface area contributed by atoms with Crippen molar-refractivity contribution < 1.29 is 12.6 Å². The minimum Gasteiger partial charge on any atom is -0.382 e. The van der Waals surface area contributed by atoms with Crippen LogP contribution in [0.2, 0.25) is 0 Å². The molecule has 1 radical (unpaired) electrons. The maximum atomic E-state index is 10.7. The van der Waals surface area contributed by atoms with Crippen molar-refractivity contribution in [1.29, 1.82) is 0 Å². The molecule has 0 amide bonds. The summed E-state index contributed by atoms with van der Waals surface area (Å²) in [7, 11) is -3.42. The lowest BCUT2D eigenvalue weighted by Gasteiger charge is -2.04. The van der Waals surface area contributed by atoms with Gasteiger partial charge in [-0.15, -0.1) is 0 Å². The minimum atomic E-state index is -3.42. The maximum Gasteiger partial charge on any atom is 0.306 e. The molecule has 0 heterocycles. The molecule has 1 aromatic carbocycles. The number of benzene rings is 1. The highest BCUT2D eigenvalue weighted by atomic mass is 32.2. The SMILES string of the molecule is Cc1[c]cccc1OS(C)(=O)=O. The van der Waals surface area contributed by atoms with Crippen molar-refractivity contribution in [3.8, 4) is 5.75 Å². The lowest BCUT2D eigenvalue weighted by atomic mass is 10.2. The van der Waals surface area contributed by atoms with Crippen molar-refractivity contribution >= 4 is 10.1 Å². The third-order valence-electron chi connectivity index (χ3n) is 1.25. The van der Waals surface area contributed by atoms with Gasteiger partial charge in [-0.1, -0.05) is 12.1 Å². The van der Waals surface area contributed by atoms with Gasteiger partial charge in [0.15, 0.2) is 0 Å². The van der Waals surface area contributed by atoms with E-state index in [0.717, 1.165) is 6.26 Å². The average molecular weight is 185 g/mol. The summed E-state index contributed by atoms with van der Waals surface area (Å²) in [6.07, 6.45) is 1.01. The Morgan fingerprint density at radius 2 is 2.17 bits per heavy atom. The molecule has 0 saturated carbocycles. The maximum absolute atomic E-state index is 10.7. The van der Waals surface area contributed by atoms with Crippen molar-refractivity contribution in [3.05, 3.63) is 29.8 Å². The average Bonchev–Trinajstić information content (AvgIpc) is 1.91. The summed E-state index contributed by atoms with van der Waals surface area (Å²) < 4.78 is 26.1. The molecule has 0 aromatic heterocycles. The molecular weight excluding hydrogens is 176 g/mol. The number of rotatable bonds is 2. The van der Waals surface area contributed by atoms with Crippen LogP contribution in [0.1, 0.15) is 5.56 Å². The number of hydrogen-bond donors (Lipinski definition) is 0. The Morgan fingerprint density at radius 3 is 2.67 bits per heavy atom. The van der Waals surface area contributed by atoms with Crippen molar-refractivity contribution in [2.24, 2.45) is 0 Å². The van der Waals surface area contributed by atoms with E-state index in [1.165, 1.54) is 0 Å². The fourth-order valence-corrected chi connectivity index (χ4v) is 1.26. The predicted octanol–water partition coefficient (Wildman–Crippen LogP) is 1.13. The van der Waals surface area contributed by atoms with Crippen LogP contribution in [-0.4, -0.2) is 14.7 Å². The molecular formula is C8H9O3S. The fourth-order valence-electron chi connectivity index (χ4n) is 0.758. The van der Waals surface area contributed by atoms with Gasteiger partial charge in [0.05, 0.1) is 6.26 Å². The monoisotopic (exact) mass is 185 g/mol. The summed E-state index contributed by atoms with van der Waals surface area (Å²) in [5.74, 6) is 0.333. The highest BCUT2D eigenvalue weighted by molar-refractivity contribution is 7.86. The van der Waals surface area contributed by atoms with Gasteiger partial charge < -0.3 is 4.18 Å². The van der Waals surface area contributed by atoms with E-state index < -0.39 is 10.1 Å². The molecule has 0 aliphatic rings. The van der Waals surface area contributed by atoms with Crippen molar-refractivity contribution in [2.45, 2.75) is 6.92 Å². The Kier molecular flexibility index (Phi) is 2.38. The van der Waals surface area contributed by atoms with Gasteiger partial charge in [-0.2, -0.15) is 8.42 Å². The van der Waals surface area contributed by atoms with E-state index in [-0.39, 0.29) is 0 Å². The van der Waals surface area contributed by atoms with E-state index in [1.54, 1.807) is 25.1 Å². The lowest BCUT2D eigenvalue weighted by Crippen LogP contribution is -2.06. The standard InChI is InChI=1S/C8H9O3S/c1-7-5-3-4-6-8(7)11-12(2,9)10/h3-4,6H,1-2H3. The van der Waals surface area contributed by atoms with Crippen LogP contribution >= 0.6 is 0 Å². The van der Waals surface area contributed by atoms with E-state index >= 15 is 0 Å². The second-order valence-electron chi connectivity index (χ2n) is 2.45. The molecule has 0 unspecified atom stereocenters. The zero-order valence-electron chi connectivity index (χ0n) is 6.87. The molecule has 0 atom stereocenters. The van der Waals surface area contributed by atoms with Crippen molar-refractivity contribution in [3.63, 3.8) is 0 Å². The summed E-state index contributed by atoms with van der Waals surface area (Å²) in [5.41, 5.74) is 0.683. The number of aryl methyl sites for hydroxylation is 1. The highest BCUT2D eigenvalue weighted by Crippen LogP contribution is 2.16. The molecule has 1 aromatic rings. The second-order valence-corrected chi connectivity index (χ2v) is 4.02. The van der Waals surface area contributed by atoms with Crippen LogP contribution < -0.4 is 4.18 Å². The van der Waals surface area contributed by atoms with Gasteiger partial charge in [0, 0.05) is 5.56 Å². The van der Waals surface area contributed by atoms with Gasteiger partial charge in [0.2, 0.25) is 0 Å². The molecule has 0 N–H and O–H groups in total. The molecule has 0 bridgehead atoms. The summed E-state index contributed by atoms with van der Waals surface area (Å²) in [6.45, 7) is 1.74. The quantitative estimate of drug-likeness (QED) is 0.649. The summed E-state index contributed by atoms with van der Waals surface area (Å²) in [5, 5.41) is 0. The molecule has 0 fully saturated rings. The number of hydrogen-bond acceptors (Lipinski definition) is 3. The van der Waals surface area contributed by atoms with Crippen molar-refractivity contribution in [2.75, 3.05) is 6.26 Å². The molecule has 0 aliphatic carbocycles. The fraction of sp³-hybridized carbons (Fsp3) is 0.250. The first kappa shape index (κ1) is 9.06. The molecule has 12 heavy (non-hydrogen) atoms. The molecule has 0 aliphatic heterocycles. The third kappa shape index (κ3) is 2.54. The molecule has 3 nitrogen and oxygen atoms in total. The smallest absolute Gasteiger partial charge is 0.306 e. The Labute approximate surface area is 72.1 Å². The lowest BCUT2D eigenvalue weighted by molar-refractivity contribution is 0.491. The Balaban J connectivity index is 2.98. The Bertz CT molecular complexity index is 368. The van der Waals surface area contributed by atoms with Crippen LogP contribution in [0.4, 0.5) is 0 Å². The van der Waals surface area contributed by atoms with Gasteiger partial charge in [0.25, 0.3) is 0 Å². The van der Waals surface area contributed by atoms with Crippen LogP contribution in [0.3, 0.4) is 0 Å². The molecule has 0 saturated heterocycles. The topological polar surface area (TPSA) is 43.4 Å². The van der Waals surface area contributed by atoms with Crippen LogP contribution in [-0.2, 0) is 10.1 Å². The minimum absolute atomic E-state index is 0.333. The second kappa shape index (κ2) is 3.15. The van der Waals surface area contributed by atoms with Crippen molar-refractivity contribution in [1.82, 2.24) is 0 Å². The Morgan fingerprint density at radius 1 is 1.50 bits per heavy atom. The van der Waals surface area contributed by atoms with E-state index in [1.807, 2.05) is 0 Å². The molecule has 4 heteroatoms. The van der Waals surface area contributed by atoms with Crippen LogP contribution in [0.5, 0.6) is 5.75 Å². The van der Waals surface area contributed by atoms with E-state index in [9.17, 15) is 8.42 Å². The van der Waals surface area contributed by atoms with Crippen LogP contribution in [0, 0.1) is 13.0 Å². The van der Waals surface area contributed by atoms with E-state index in [0.29, 0.717) is 11.3 Å². The first-order valence-corrected chi connectivity index (χ1v) is 5.17. The molecule has 65 valence electrons. The highest BCUT2D eigenvalue weighted by Gasteiger charge is 2.05. The molecule has 0 spiro atoms. The van der Waals surface area contributed by atoms with Gasteiger partial charge >= 0.3 is 10.1 Å². The van der Waals surface area contributed by atoms with E-state index in [4.69, 9.17) is 0 Å². The van der Waals surface area contributed by atoms with Crippen LogP contribution in [0.25, 0.3) is 0 Å². The van der Waals surface area contributed by atoms with Crippen LogP contribution in [0.15, 0.2) is 18.2 Å². The first-order chi connectivity index (χ1) is 5.49.